The molecule has 1 aromatic carbocycles. The number of piperidine rings is 1. The summed E-state index contributed by atoms with van der Waals surface area (Å²) in [7, 11) is 4.93. The molecule has 10 nitrogen and oxygen atoms in total. The minimum Gasteiger partial charge on any atom is -0.497 e. The van der Waals surface area contributed by atoms with Crippen molar-refractivity contribution in [1.29, 1.82) is 0 Å². The van der Waals surface area contributed by atoms with Crippen LogP contribution in [0.15, 0.2) is 24.3 Å². The van der Waals surface area contributed by atoms with Crippen molar-refractivity contribution in [1.82, 2.24) is 29.6 Å². The Labute approximate surface area is 202 Å². The van der Waals surface area contributed by atoms with E-state index in [1.54, 1.807) is 38.9 Å². The van der Waals surface area contributed by atoms with Crippen molar-refractivity contribution in [3.63, 3.8) is 0 Å². The summed E-state index contributed by atoms with van der Waals surface area (Å²) < 4.78 is 16.2. The third-order valence-electron chi connectivity index (χ3n) is 6.09. The third kappa shape index (κ3) is 4.89. The molecular formula is C23H28N6O4S. The molecule has 0 spiro atoms. The van der Waals surface area contributed by atoms with Gasteiger partial charge in [-0.25, -0.2) is 0 Å². The number of rotatable bonds is 7. The molecular weight excluding hydrogens is 456 g/mol. The Bertz CT molecular complexity index is 1180. The van der Waals surface area contributed by atoms with Crippen molar-refractivity contribution in [2.45, 2.75) is 19.8 Å². The van der Waals surface area contributed by atoms with Crippen LogP contribution in [-0.4, -0.2) is 69.9 Å². The van der Waals surface area contributed by atoms with E-state index >= 15 is 0 Å². The minimum atomic E-state index is -0.187. The Kier molecular flexibility index (Phi) is 7.11. The number of aromatic nitrogens is 4. The lowest BCUT2D eigenvalue weighted by Gasteiger charge is -2.31. The number of nitrogens with one attached hydrogen (secondary N) is 1. The monoisotopic (exact) mass is 484 g/mol. The summed E-state index contributed by atoms with van der Waals surface area (Å²) in [6.07, 6.45) is 1.66. The average Bonchev–Trinajstić information content (AvgIpc) is 3.47. The topological polar surface area (TPSA) is 111 Å². The van der Waals surface area contributed by atoms with Gasteiger partial charge in [0.15, 0.2) is 0 Å². The molecule has 0 aliphatic carbocycles. The minimum absolute atomic E-state index is 0.00892. The fourth-order valence-corrected chi connectivity index (χ4v) is 4.69. The van der Waals surface area contributed by atoms with Gasteiger partial charge in [0, 0.05) is 32.2 Å². The van der Waals surface area contributed by atoms with Crippen LogP contribution < -0.4 is 14.8 Å². The van der Waals surface area contributed by atoms with Crippen LogP contribution in [0.4, 0.5) is 0 Å². The zero-order valence-corrected chi connectivity index (χ0v) is 20.5. The van der Waals surface area contributed by atoms with Gasteiger partial charge in [-0.1, -0.05) is 4.49 Å². The standard InChI is InChI=1S/C23H28N6O4S/c1-14-21(34-27-25-14)23(31)29-9-7-15(8-10-29)13-24-22(30)19-12-18(26-28(19)2)17-11-16(32-3)5-6-20(17)33-4/h5-6,11-12,15H,7-10,13H2,1-4H3,(H,24,30). The molecule has 2 amide bonds. The lowest BCUT2D eigenvalue weighted by molar-refractivity contribution is 0.0687. The molecule has 4 rings (SSSR count). The van der Waals surface area contributed by atoms with Gasteiger partial charge in [-0.2, -0.15) is 5.10 Å². The first-order chi connectivity index (χ1) is 16.4. The maximum Gasteiger partial charge on any atom is 0.269 e. The van der Waals surface area contributed by atoms with Gasteiger partial charge in [-0.05, 0) is 61.5 Å². The summed E-state index contributed by atoms with van der Waals surface area (Å²) >= 11 is 1.14. The molecule has 0 saturated carbocycles. The van der Waals surface area contributed by atoms with Crippen LogP contribution in [0.5, 0.6) is 11.5 Å². The predicted molar refractivity (Wildman–Crippen MR) is 127 cm³/mol. The van der Waals surface area contributed by atoms with Crippen LogP contribution in [0.25, 0.3) is 11.3 Å². The normalized spacial score (nSPS) is 14.2. The summed E-state index contributed by atoms with van der Waals surface area (Å²) in [5.41, 5.74) is 2.51. The lowest BCUT2D eigenvalue weighted by Crippen LogP contribution is -2.41. The number of likely N-dealkylation sites (tertiary alicyclic amines) is 1. The SMILES string of the molecule is COc1ccc(OC)c(-c2cc(C(=O)NCC3CCN(C(=O)c4snnc4C)CC3)n(C)n2)c1. The molecule has 1 saturated heterocycles. The largest absolute Gasteiger partial charge is 0.497 e. The van der Waals surface area contributed by atoms with Crippen molar-refractivity contribution >= 4 is 23.3 Å². The van der Waals surface area contributed by atoms with E-state index in [0.29, 0.717) is 59.0 Å². The summed E-state index contributed by atoms with van der Waals surface area (Å²) in [6.45, 7) is 3.66. The molecule has 11 heteroatoms. The summed E-state index contributed by atoms with van der Waals surface area (Å²) in [4.78, 5) is 28.0. The molecule has 180 valence electrons. The molecule has 1 fully saturated rings. The molecule has 3 heterocycles. The molecule has 34 heavy (non-hydrogen) atoms. The Morgan fingerprint density at radius 2 is 1.94 bits per heavy atom. The highest BCUT2D eigenvalue weighted by molar-refractivity contribution is 7.07. The van der Waals surface area contributed by atoms with Gasteiger partial charge in [0.1, 0.15) is 22.1 Å². The molecule has 1 N–H and O–H groups in total. The number of amides is 2. The fraction of sp³-hybridized carbons (Fsp3) is 0.435. The van der Waals surface area contributed by atoms with Gasteiger partial charge in [0.25, 0.3) is 11.8 Å². The van der Waals surface area contributed by atoms with E-state index in [1.807, 2.05) is 23.1 Å². The molecule has 3 aromatic rings. The predicted octanol–water partition coefficient (Wildman–Crippen LogP) is 2.55. The van der Waals surface area contributed by atoms with Crippen LogP contribution in [0, 0.1) is 12.8 Å². The first-order valence-corrected chi connectivity index (χ1v) is 11.8. The van der Waals surface area contributed by atoms with E-state index < -0.39 is 0 Å². The van der Waals surface area contributed by atoms with Gasteiger partial charge < -0.3 is 19.7 Å². The highest BCUT2D eigenvalue weighted by Gasteiger charge is 2.27. The van der Waals surface area contributed by atoms with Crippen LogP contribution in [0.1, 0.15) is 38.7 Å². The van der Waals surface area contributed by atoms with Crippen LogP contribution in [0.3, 0.4) is 0 Å². The Balaban J connectivity index is 1.35. The van der Waals surface area contributed by atoms with Crippen LogP contribution >= 0.6 is 11.5 Å². The maximum absolute atomic E-state index is 12.9. The van der Waals surface area contributed by atoms with Gasteiger partial charge in [-0.3, -0.25) is 14.3 Å². The summed E-state index contributed by atoms with van der Waals surface area (Å²) in [5.74, 6) is 1.44. The molecule has 0 radical (unpaired) electrons. The van der Waals surface area contributed by atoms with Crippen LogP contribution in [-0.2, 0) is 7.05 Å². The van der Waals surface area contributed by atoms with E-state index in [1.165, 1.54) is 0 Å². The molecule has 0 atom stereocenters. The number of ether oxygens (including phenoxy) is 2. The third-order valence-corrected chi connectivity index (χ3v) is 6.91. The van der Waals surface area contributed by atoms with Crippen molar-refractivity contribution in [2.75, 3.05) is 33.9 Å². The number of hydrogen-bond donors (Lipinski definition) is 1. The zero-order chi connectivity index (χ0) is 24.2. The van der Waals surface area contributed by atoms with Crippen molar-refractivity contribution in [3.8, 4) is 22.8 Å². The highest BCUT2D eigenvalue weighted by Crippen LogP contribution is 2.33. The zero-order valence-electron chi connectivity index (χ0n) is 19.7. The number of nitrogens with zero attached hydrogens (tertiary/aromatic N) is 5. The highest BCUT2D eigenvalue weighted by atomic mass is 32.1. The lowest BCUT2D eigenvalue weighted by atomic mass is 9.96. The van der Waals surface area contributed by atoms with E-state index in [-0.39, 0.29) is 11.8 Å². The van der Waals surface area contributed by atoms with E-state index in [0.717, 1.165) is 29.9 Å². The second kappa shape index (κ2) is 10.2. The Morgan fingerprint density at radius 3 is 2.59 bits per heavy atom. The van der Waals surface area contributed by atoms with Crippen molar-refractivity contribution in [3.05, 3.63) is 40.5 Å². The number of carbonyl (C=O) groups is 2. The van der Waals surface area contributed by atoms with E-state index in [2.05, 4.69) is 20.0 Å². The van der Waals surface area contributed by atoms with Crippen molar-refractivity contribution < 1.29 is 19.1 Å². The number of aryl methyl sites for hydroxylation is 2. The number of methoxy groups -OCH3 is 2. The van der Waals surface area contributed by atoms with Gasteiger partial charge in [-0.15, -0.1) is 5.10 Å². The summed E-state index contributed by atoms with van der Waals surface area (Å²) in [5, 5.41) is 11.5. The number of hydrogen-bond acceptors (Lipinski definition) is 8. The first-order valence-electron chi connectivity index (χ1n) is 11.0. The number of carbonyl (C=O) groups excluding carboxylic acids is 2. The smallest absolute Gasteiger partial charge is 0.269 e. The second-order valence-corrected chi connectivity index (χ2v) is 8.99. The molecule has 0 bridgehead atoms. The average molecular weight is 485 g/mol. The quantitative estimate of drug-likeness (QED) is 0.549. The van der Waals surface area contributed by atoms with Crippen LogP contribution in [0.2, 0.25) is 0 Å². The maximum atomic E-state index is 12.9. The first kappa shape index (κ1) is 23.7. The Morgan fingerprint density at radius 1 is 1.18 bits per heavy atom. The molecule has 0 unspecified atom stereocenters. The van der Waals surface area contributed by atoms with Gasteiger partial charge in [0.05, 0.1) is 25.6 Å². The van der Waals surface area contributed by atoms with Gasteiger partial charge >= 0.3 is 0 Å². The molecule has 1 aliphatic rings. The Hall–Kier alpha value is -3.47. The molecule has 1 aliphatic heterocycles. The second-order valence-electron chi connectivity index (χ2n) is 8.24. The molecule has 2 aromatic heterocycles. The van der Waals surface area contributed by atoms with E-state index in [9.17, 15) is 9.59 Å². The fourth-order valence-electron chi connectivity index (χ4n) is 4.06. The van der Waals surface area contributed by atoms with Crippen molar-refractivity contribution in [2.24, 2.45) is 13.0 Å². The summed E-state index contributed by atoms with van der Waals surface area (Å²) in [6, 6.07) is 7.21. The van der Waals surface area contributed by atoms with E-state index in [4.69, 9.17) is 9.47 Å². The number of benzene rings is 1. The van der Waals surface area contributed by atoms with Gasteiger partial charge in [0.2, 0.25) is 0 Å².